The van der Waals surface area contributed by atoms with E-state index in [4.69, 9.17) is 11.6 Å². The van der Waals surface area contributed by atoms with Crippen molar-refractivity contribution in [2.45, 2.75) is 42.4 Å². The lowest BCUT2D eigenvalue weighted by Gasteiger charge is -2.20. The molecule has 0 atom stereocenters. The van der Waals surface area contributed by atoms with Gasteiger partial charge in [-0.3, -0.25) is 0 Å². The third kappa shape index (κ3) is 2.04. The Morgan fingerprint density at radius 2 is 2.05 bits per heavy atom. The predicted molar refractivity (Wildman–Crippen MR) is 85.2 cm³/mol. The van der Waals surface area contributed by atoms with Crippen LogP contribution in [0.15, 0.2) is 16.5 Å². The van der Waals surface area contributed by atoms with Gasteiger partial charge in [0.25, 0.3) is 0 Å². The smallest absolute Gasteiger partial charge is 0.222 e. The number of hydrogen-bond acceptors (Lipinski definition) is 6. The first-order valence-electron chi connectivity index (χ1n) is 7.11. The van der Waals surface area contributed by atoms with Gasteiger partial charge in [-0.15, -0.1) is 16.4 Å². The SMILES string of the molecule is O=S(=O)(c1nnn2c1nc(Cl)c1sccc12)C1CCCCC1. The van der Waals surface area contributed by atoms with Crippen LogP contribution in [0, 0.1) is 0 Å². The summed E-state index contributed by atoms with van der Waals surface area (Å²) in [5, 5.41) is 9.64. The Labute approximate surface area is 136 Å². The number of rotatable bonds is 2. The molecule has 0 spiro atoms. The van der Waals surface area contributed by atoms with Gasteiger partial charge in [-0.05, 0) is 24.3 Å². The average molecular weight is 357 g/mol. The van der Waals surface area contributed by atoms with Crippen LogP contribution in [-0.2, 0) is 9.84 Å². The van der Waals surface area contributed by atoms with E-state index < -0.39 is 9.84 Å². The summed E-state index contributed by atoms with van der Waals surface area (Å²) in [6.07, 6.45) is 4.32. The molecule has 1 aliphatic rings. The third-order valence-electron chi connectivity index (χ3n) is 4.14. The Hall–Kier alpha value is -1.25. The van der Waals surface area contributed by atoms with Crippen LogP contribution in [0.4, 0.5) is 0 Å². The zero-order chi connectivity index (χ0) is 15.3. The van der Waals surface area contributed by atoms with Crippen LogP contribution in [0.1, 0.15) is 32.1 Å². The van der Waals surface area contributed by atoms with E-state index in [9.17, 15) is 8.42 Å². The van der Waals surface area contributed by atoms with Gasteiger partial charge < -0.3 is 0 Å². The minimum Gasteiger partial charge on any atom is -0.222 e. The fraction of sp³-hybridized carbons (Fsp3) is 0.462. The van der Waals surface area contributed by atoms with Gasteiger partial charge in [0.15, 0.2) is 10.8 Å². The summed E-state index contributed by atoms with van der Waals surface area (Å²) in [5.41, 5.74) is 0.957. The maximum atomic E-state index is 12.9. The largest absolute Gasteiger partial charge is 0.224 e. The number of aromatic nitrogens is 4. The van der Waals surface area contributed by atoms with Crippen molar-refractivity contribution in [1.82, 2.24) is 19.8 Å². The molecule has 0 saturated heterocycles. The number of fused-ring (bicyclic) bond motifs is 3. The number of halogens is 1. The molecular weight excluding hydrogens is 344 g/mol. The predicted octanol–water partition coefficient (Wildman–Crippen LogP) is 3.10. The molecule has 0 amide bonds. The molecule has 4 rings (SSSR count). The molecule has 3 aromatic heterocycles. The van der Waals surface area contributed by atoms with Crippen LogP contribution >= 0.6 is 22.9 Å². The molecular formula is C13H13ClN4O2S2. The average Bonchev–Trinajstić information content (AvgIpc) is 3.14. The molecule has 0 radical (unpaired) electrons. The molecule has 3 aromatic rings. The van der Waals surface area contributed by atoms with Gasteiger partial charge in [0.2, 0.25) is 14.9 Å². The summed E-state index contributed by atoms with van der Waals surface area (Å²) < 4.78 is 27.9. The highest BCUT2D eigenvalue weighted by Gasteiger charge is 2.34. The van der Waals surface area contributed by atoms with E-state index in [1.807, 2.05) is 11.4 Å². The summed E-state index contributed by atoms with van der Waals surface area (Å²) in [4.78, 5) is 4.23. The molecule has 1 saturated carbocycles. The van der Waals surface area contributed by atoms with Crippen molar-refractivity contribution >= 4 is 48.6 Å². The van der Waals surface area contributed by atoms with E-state index >= 15 is 0 Å². The van der Waals surface area contributed by atoms with E-state index in [0.717, 1.165) is 29.5 Å². The van der Waals surface area contributed by atoms with Gasteiger partial charge in [-0.25, -0.2) is 13.4 Å². The topological polar surface area (TPSA) is 77.2 Å². The molecule has 1 aliphatic carbocycles. The lowest BCUT2D eigenvalue weighted by atomic mass is 10.0. The fourth-order valence-corrected chi connectivity index (χ4v) is 5.87. The number of thiophene rings is 1. The van der Waals surface area contributed by atoms with Crippen molar-refractivity contribution in [3.05, 3.63) is 16.6 Å². The second-order valence-electron chi connectivity index (χ2n) is 5.47. The molecule has 1 fully saturated rings. The lowest BCUT2D eigenvalue weighted by molar-refractivity contribution is 0.482. The summed E-state index contributed by atoms with van der Waals surface area (Å²) in [5.74, 6) is 0. The van der Waals surface area contributed by atoms with Crippen LogP contribution in [-0.4, -0.2) is 33.5 Å². The monoisotopic (exact) mass is 356 g/mol. The Balaban J connectivity index is 1.93. The molecule has 0 N–H and O–H groups in total. The fourth-order valence-electron chi connectivity index (χ4n) is 3.01. The molecule has 6 nitrogen and oxygen atoms in total. The van der Waals surface area contributed by atoms with Crippen molar-refractivity contribution in [3.63, 3.8) is 0 Å². The first kappa shape index (κ1) is 14.3. The second kappa shape index (κ2) is 5.14. The molecule has 0 aromatic carbocycles. The molecule has 0 bridgehead atoms. The highest BCUT2D eigenvalue weighted by molar-refractivity contribution is 7.92. The van der Waals surface area contributed by atoms with Gasteiger partial charge in [-0.1, -0.05) is 36.1 Å². The summed E-state index contributed by atoms with van der Waals surface area (Å²) in [6, 6.07) is 1.84. The summed E-state index contributed by atoms with van der Waals surface area (Å²) >= 11 is 7.62. The van der Waals surface area contributed by atoms with Crippen molar-refractivity contribution in [1.29, 1.82) is 0 Å². The van der Waals surface area contributed by atoms with Gasteiger partial charge in [0.05, 0.1) is 15.5 Å². The zero-order valence-electron chi connectivity index (χ0n) is 11.6. The molecule has 0 unspecified atom stereocenters. The highest BCUT2D eigenvalue weighted by Crippen LogP contribution is 2.32. The van der Waals surface area contributed by atoms with Gasteiger partial charge in [0, 0.05) is 0 Å². The second-order valence-corrected chi connectivity index (χ2v) is 8.89. The molecule has 3 heterocycles. The van der Waals surface area contributed by atoms with Crippen molar-refractivity contribution in [2.24, 2.45) is 0 Å². The van der Waals surface area contributed by atoms with Crippen molar-refractivity contribution in [3.8, 4) is 0 Å². The van der Waals surface area contributed by atoms with Crippen LogP contribution in [0.5, 0.6) is 0 Å². The van der Waals surface area contributed by atoms with E-state index in [1.165, 1.54) is 15.9 Å². The Bertz CT molecular complexity index is 957. The van der Waals surface area contributed by atoms with Crippen LogP contribution < -0.4 is 0 Å². The lowest BCUT2D eigenvalue weighted by Crippen LogP contribution is -2.24. The Morgan fingerprint density at radius 1 is 1.27 bits per heavy atom. The number of hydrogen-bond donors (Lipinski definition) is 0. The number of sulfone groups is 1. The normalized spacial score (nSPS) is 17.5. The van der Waals surface area contributed by atoms with Crippen molar-refractivity contribution < 1.29 is 8.42 Å². The van der Waals surface area contributed by atoms with E-state index in [1.54, 1.807) is 0 Å². The molecule has 9 heteroatoms. The first-order valence-corrected chi connectivity index (χ1v) is 9.91. The van der Waals surface area contributed by atoms with E-state index in [2.05, 4.69) is 15.3 Å². The van der Waals surface area contributed by atoms with Crippen LogP contribution in [0.2, 0.25) is 5.15 Å². The van der Waals surface area contributed by atoms with Crippen LogP contribution in [0.25, 0.3) is 15.9 Å². The minimum atomic E-state index is -3.53. The van der Waals surface area contributed by atoms with Gasteiger partial charge in [-0.2, -0.15) is 4.52 Å². The Kier molecular flexibility index (Phi) is 3.35. The zero-order valence-corrected chi connectivity index (χ0v) is 14.0. The summed E-state index contributed by atoms with van der Waals surface area (Å²) in [6.45, 7) is 0. The van der Waals surface area contributed by atoms with Crippen molar-refractivity contribution in [2.75, 3.05) is 0 Å². The number of nitrogens with zero attached hydrogens (tertiary/aromatic N) is 4. The maximum Gasteiger partial charge on any atom is 0.224 e. The van der Waals surface area contributed by atoms with Gasteiger partial charge in [0.1, 0.15) is 0 Å². The maximum absolute atomic E-state index is 12.9. The van der Waals surface area contributed by atoms with E-state index in [-0.39, 0.29) is 15.9 Å². The molecule has 116 valence electrons. The quantitative estimate of drug-likeness (QED) is 0.659. The van der Waals surface area contributed by atoms with Gasteiger partial charge >= 0.3 is 0 Å². The molecule has 0 aliphatic heterocycles. The third-order valence-corrected chi connectivity index (χ3v) is 7.59. The van der Waals surface area contributed by atoms with Crippen LogP contribution in [0.3, 0.4) is 0 Å². The highest BCUT2D eigenvalue weighted by atomic mass is 35.5. The Morgan fingerprint density at radius 3 is 2.82 bits per heavy atom. The summed E-state index contributed by atoms with van der Waals surface area (Å²) in [7, 11) is -3.53. The molecule has 22 heavy (non-hydrogen) atoms. The standard InChI is InChI=1S/C13H13ClN4O2S2/c14-11-10-9(6-7-21-10)18-12(15-11)13(16-17-18)22(19,20)8-4-2-1-3-5-8/h6-8H,1-5H2. The van der Waals surface area contributed by atoms with E-state index in [0.29, 0.717) is 18.0 Å². The minimum absolute atomic E-state index is 0.0469. The first-order chi connectivity index (χ1) is 10.6.